The van der Waals surface area contributed by atoms with Crippen LogP contribution in [0, 0.1) is 0 Å². The lowest BCUT2D eigenvalue weighted by atomic mass is 10.1. The molecular weight excluding hydrogens is 280 g/mol. The lowest BCUT2D eigenvalue weighted by Crippen LogP contribution is -2.41. The number of carbonyl (C=O) groups excluding carboxylic acids is 1. The second-order valence-corrected chi connectivity index (χ2v) is 6.08. The van der Waals surface area contributed by atoms with E-state index in [0.29, 0.717) is 18.0 Å². The average Bonchev–Trinajstić information content (AvgIpc) is 2.93. The normalized spacial score (nSPS) is 20.0. The first-order valence-electron chi connectivity index (χ1n) is 7.82. The zero-order valence-electron chi connectivity index (χ0n) is 13.2. The van der Waals surface area contributed by atoms with Gasteiger partial charge < -0.3 is 10.4 Å². The van der Waals surface area contributed by atoms with Crippen LogP contribution in [0.5, 0.6) is 0 Å². The highest BCUT2D eigenvalue weighted by Gasteiger charge is 2.30. The Labute approximate surface area is 131 Å². The molecule has 0 spiro atoms. The second kappa shape index (κ2) is 7.40. The fourth-order valence-corrected chi connectivity index (χ4v) is 3.12. The smallest absolute Gasteiger partial charge is 0.330 e. The van der Waals surface area contributed by atoms with Gasteiger partial charge in [-0.1, -0.05) is 30.3 Å². The van der Waals surface area contributed by atoms with Crippen LogP contribution in [0.15, 0.2) is 30.3 Å². The number of hydrogen-bond acceptors (Lipinski definition) is 3. The number of hydrogen-bond donors (Lipinski definition) is 2. The van der Waals surface area contributed by atoms with Crippen molar-refractivity contribution < 1.29 is 14.7 Å². The molecule has 1 saturated heterocycles. The van der Waals surface area contributed by atoms with Crippen LogP contribution in [0.3, 0.4) is 0 Å². The van der Waals surface area contributed by atoms with Gasteiger partial charge in [-0.15, -0.1) is 0 Å². The maximum atomic E-state index is 12.3. The zero-order chi connectivity index (χ0) is 16.1. The van der Waals surface area contributed by atoms with Crippen molar-refractivity contribution in [1.29, 1.82) is 0 Å². The first-order valence-corrected chi connectivity index (χ1v) is 7.82. The van der Waals surface area contributed by atoms with Crippen molar-refractivity contribution in [1.82, 2.24) is 10.2 Å². The van der Waals surface area contributed by atoms with Gasteiger partial charge in [0.05, 0.1) is 0 Å². The molecule has 22 heavy (non-hydrogen) atoms. The number of rotatable bonds is 6. The third-order valence-corrected chi connectivity index (χ3v) is 4.19. The van der Waals surface area contributed by atoms with E-state index in [2.05, 4.69) is 24.1 Å². The summed E-state index contributed by atoms with van der Waals surface area (Å²) in [6, 6.07) is 8.44. The molecule has 1 aromatic carbocycles. The second-order valence-electron chi connectivity index (χ2n) is 6.08. The summed E-state index contributed by atoms with van der Waals surface area (Å²) in [7, 11) is 0. The Balaban J connectivity index is 1.99. The number of aliphatic carboxylic acids is 1. The van der Waals surface area contributed by atoms with Crippen LogP contribution in [0.2, 0.25) is 0 Å². The molecule has 0 bridgehead atoms. The van der Waals surface area contributed by atoms with Crippen LogP contribution in [-0.4, -0.2) is 40.5 Å². The summed E-state index contributed by atoms with van der Waals surface area (Å²) in [4.78, 5) is 26.0. The zero-order valence-corrected chi connectivity index (χ0v) is 13.2. The number of nitrogens with one attached hydrogen (secondary N) is 1. The molecule has 0 aromatic heterocycles. The number of benzene rings is 1. The molecule has 0 aliphatic carbocycles. The van der Waals surface area contributed by atoms with E-state index in [4.69, 9.17) is 0 Å². The van der Waals surface area contributed by atoms with Crippen molar-refractivity contribution in [2.45, 2.75) is 51.2 Å². The molecule has 2 atom stereocenters. The summed E-state index contributed by atoms with van der Waals surface area (Å²) in [5.41, 5.74) is 0.593. The van der Waals surface area contributed by atoms with Gasteiger partial charge in [-0.3, -0.25) is 9.69 Å². The molecule has 1 amide bonds. The third kappa shape index (κ3) is 4.07. The first kappa shape index (κ1) is 16.5. The maximum absolute atomic E-state index is 12.3. The third-order valence-electron chi connectivity index (χ3n) is 4.19. The number of carboxylic acid groups (broad SMARTS) is 1. The van der Waals surface area contributed by atoms with Gasteiger partial charge in [-0.2, -0.15) is 0 Å². The highest BCUT2D eigenvalue weighted by molar-refractivity contribution is 5.84. The molecule has 0 unspecified atom stereocenters. The summed E-state index contributed by atoms with van der Waals surface area (Å²) in [5.74, 6) is -1.24. The number of amides is 1. The van der Waals surface area contributed by atoms with E-state index in [1.807, 2.05) is 6.07 Å². The summed E-state index contributed by atoms with van der Waals surface area (Å²) < 4.78 is 0. The van der Waals surface area contributed by atoms with E-state index < -0.39 is 12.0 Å². The number of nitrogens with zero attached hydrogens (tertiary/aromatic N) is 1. The largest absolute Gasteiger partial charge is 0.479 e. The van der Waals surface area contributed by atoms with Gasteiger partial charge in [0.15, 0.2) is 6.04 Å². The van der Waals surface area contributed by atoms with Crippen molar-refractivity contribution in [2.24, 2.45) is 0 Å². The molecule has 2 rings (SSSR count). The Kier molecular flexibility index (Phi) is 5.55. The van der Waals surface area contributed by atoms with Crippen molar-refractivity contribution in [2.75, 3.05) is 6.54 Å². The quantitative estimate of drug-likeness (QED) is 0.845. The Morgan fingerprint density at radius 3 is 2.59 bits per heavy atom. The molecule has 1 aliphatic rings. The minimum absolute atomic E-state index is 0.200. The molecule has 1 aromatic rings. The molecule has 120 valence electrons. The van der Waals surface area contributed by atoms with Crippen molar-refractivity contribution in [3.63, 3.8) is 0 Å². The molecule has 1 aliphatic heterocycles. The number of carboxylic acids is 1. The van der Waals surface area contributed by atoms with E-state index in [0.717, 1.165) is 19.4 Å². The van der Waals surface area contributed by atoms with Crippen LogP contribution < -0.4 is 5.32 Å². The minimum Gasteiger partial charge on any atom is -0.479 e. The van der Waals surface area contributed by atoms with E-state index in [-0.39, 0.29) is 11.9 Å². The van der Waals surface area contributed by atoms with Gasteiger partial charge in [0.1, 0.15) is 0 Å². The van der Waals surface area contributed by atoms with Crippen LogP contribution in [0.4, 0.5) is 0 Å². The Bertz CT molecular complexity index is 516. The van der Waals surface area contributed by atoms with Gasteiger partial charge in [0, 0.05) is 18.5 Å². The standard InChI is InChI=1S/C17H24N2O3/c1-12(2)19-10-6-9-14(19)11-15(20)18-16(17(21)22)13-7-4-3-5-8-13/h3-5,7-8,12,14,16H,6,9-11H2,1-2H3,(H,18,20)(H,21,22)/t14-,16+/m0/s1. The topological polar surface area (TPSA) is 69.6 Å². The Morgan fingerprint density at radius 1 is 1.32 bits per heavy atom. The summed E-state index contributed by atoms with van der Waals surface area (Å²) in [6.07, 6.45) is 2.45. The van der Waals surface area contributed by atoms with E-state index in [1.165, 1.54) is 0 Å². The minimum atomic E-state index is -1.04. The fourth-order valence-electron chi connectivity index (χ4n) is 3.12. The molecule has 5 nitrogen and oxygen atoms in total. The number of likely N-dealkylation sites (tertiary alicyclic amines) is 1. The van der Waals surface area contributed by atoms with Crippen molar-refractivity contribution in [3.05, 3.63) is 35.9 Å². The fraction of sp³-hybridized carbons (Fsp3) is 0.529. The average molecular weight is 304 g/mol. The van der Waals surface area contributed by atoms with Gasteiger partial charge in [-0.25, -0.2) is 4.79 Å². The van der Waals surface area contributed by atoms with Gasteiger partial charge >= 0.3 is 5.97 Å². The number of carbonyl (C=O) groups is 2. The molecule has 5 heteroatoms. The Hall–Kier alpha value is -1.88. The summed E-state index contributed by atoms with van der Waals surface area (Å²) in [5, 5.41) is 12.0. The monoisotopic (exact) mass is 304 g/mol. The predicted molar refractivity (Wildman–Crippen MR) is 84.4 cm³/mol. The van der Waals surface area contributed by atoms with Gasteiger partial charge in [-0.05, 0) is 38.8 Å². The molecule has 0 radical (unpaired) electrons. The predicted octanol–water partition coefficient (Wildman–Crippen LogP) is 2.19. The van der Waals surface area contributed by atoms with E-state index in [1.54, 1.807) is 24.3 Å². The van der Waals surface area contributed by atoms with Crippen LogP contribution in [0.25, 0.3) is 0 Å². The van der Waals surface area contributed by atoms with Crippen molar-refractivity contribution >= 4 is 11.9 Å². The lowest BCUT2D eigenvalue weighted by Gasteiger charge is -2.28. The van der Waals surface area contributed by atoms with Crippen LogP contribution in [-0.2, 0) is 9.59 Å². The van der Waals surface area contributed by atoms with Crippen LogP contribution >= 0.6 is 0 Å². The van der Waals surface area contributed by atoms with Crippen molar-refractivity contribution in [3.8, 4) is 0 Å². The van der Waals surface area contributed by atoms with Gasteiger partial charge in [0.2, 0.25) is 5.91 Å². The summed E-state index contributed by atoms with van der Waals surface area (Å²) >= 11 is 0. The maximum Gasteiger partial charge on any atom is 0.330 e. The molecule has 2 N–H and O–H groups in total. The molecule has 1 fully saturated rings. The lowest BCUT2D eigenvalue weighted by molar-refractivity contribution is -0.142. The Morgan fingerprint density at radius 2 is 2.00 bits per heavy atom. The highest BCUT2D eigenvalue weighted by Crippen LogP contribution is 2.23. The van der Waals surface area contributed by atoms with Crippen LogP contribution in [0.1, 0.15) is 44.7 Å². The first-order chi connectivity index (χ1) is 10.5. The summed E-state index contributed by atoms with van der Waals surface area (Å²) in [6.45, 7) is 5.26. The highest BCUT2D eigenvalue weighted by atomic mass is 16.4. The van der Waals surface area contributed by atoms with Gasteiger partial charge in [0.25, 0.3) is 0 Å². The van der Waals surface area contributed by atoms with E-state index >= 15 is 0 Å². The van der Waals surface area contributed by atoms with E-state index in [9.17, 15) is 14.7 Å². The molecule has 0 saturated carbocycles. The molecular formula is C17H24N2O3. The SMILES string of the molecule is CC(C)N1CCC[C@H]1CC(=O)N[C@@H](C(=O)O)c1ccccc1. The molecule has 1 heterocycles.